The van der Waals surface area contributed by atoms with E-state index >= 15 is 0 Å². The number of hydrogen-bond donors (Lipinski definition) is 2. The van der Waals surface area contributed by atoms with E-state index in [1.165, 1.54) is 11.3 Å². The maximum Gasteiger partial charge on any atom is 0.257 e. The summed E-state index contributed by atoms with van der Waals surface area (Å²) in [6.07, 6.45) is 0.142. The Balaban J connectivity index is 1.49. The lowest BCUT2D eigenvalue weighted by Crippen LogP contribution is -2.24. The van der Waals surface area contributed by atoms with Crippen LogP contribution in [-0.4, -0.2) is 23.9 Å². The third kappa shape index (κ3) is 5.55. The molecule has 2 amide bonds. The molecule has 1 aromatic heterocycles. The molecule has 0 aliphatic rings. The topological polar surface area (TPSA) is 80.3 Å². The number of methoxy groups -OCH3 is 1. The second-order valence-electron chi connectivity index (χ2n) is 5.91. The van der Waals surface area contributed by atoms with E-state index in [0.717, 1.165) is 11.3 Å². The molecule has 0 fully saturated rings. The van der Waals surface area contributed by atoms with Crippen LogP contribution >= 0.6 is 22.9 Å². The Morgan fingerprint density at radius 2 is 1.82 bits per heavy atom. The summed E-state index contributed by atoms with van der Waals surface area (Å²) >= 11 is 7.09. The summed E-state index contributed by atoms with van der Waals surface area (Å²) in [7, 11) is 1.61. The molecule has 3 aromatic rings. The molecule has 2 N–H and O–H groups in total. The highest BCUT2D eigenvalue weighted by Crippen LogP contribution is 2.18. The molecule has 0 radical (unpaired) electrons. The van der Waals surface area contributed by atoms with Crippen molar-refractivity contribution in [3.8, 4) is 5.75 Å². The van der Waals surface area contributed by atoms with Gasteiger partial charge in [-0.3, -0.25) is 14.9 Å². The highest BCUT2D eigenvalue weighted by molar-refractivity contribution is 7.14. The number of nitrogens with zero attached hydrogens (tertiary/aromatic N) is 1. The Bertz CT molecular complexity index is 956. The highest BCUT2D eigenvalue weighted by Gasteiger charge is 2.11. The van der Waals surface area contributed by atoms with Gasteiger partial charge >= 0.3 is 0 Å². The average molecular weight is 416 g/mol. The molecule has 28 heavy (non-hydrogen) atoms. The van der Waals surface area contributed by atoms with Crippen molar-refractivity contribution in [1.29, 1.82) is 0 Å². The minimum Gasteiger partial charge on any atom is -0.497 e. The van der Waals surface area contributed by atoms with Gasteiger partial charge in [-0.15, -0.1) is 11.3 Å². The molecule has 8 heteroatoms. The van der Waals surface area contributed by atoms with E-state index < -0.39 is 0 Å². The lowest BCUT2D eigenvalue weighted by molar-refractivity contribution is -0.120. The Hall–Kier alpha value is -2.90. The fourth-order valence-corrected chi connectivity index (χ4v) is 3.22. The van der Waals surface area contributed by atoms with Crippen LogP contribution in [0, 0.1) is 0 Å². The van der Waals surface area contributed by atoms with E-state index in [-0.39, 0.29) is 18.2 Å². The lowest BCUT2D eigenvalue weighted by atomic mass is 10.2. The molecule has 0 unspecified atom stereocenters. The number of carbonyl (C=O) groups excluding carboxylic acids is 2. The molecule has 144 valence electrons. The molecule has 0 saturated heterocycles. The molecule has 2 aromatic carbocycles. The van der Waals surface area contributed by atoms with Crippen molar-refractivity contribution in [2.24, 2.45) is 0 Å². The standard InChI is InChI=1S/C20H18ClN3O3S/c1-27-17-8-2-13(3-9-17)11-22-18(25)10-16-12-28-20(23-16)24-19(26)14-4-6-15(21)7-5-14/h2-9,12H,10-11H2,1H3,(H,22,25)(H,23,24,26). The van der Waals surface area contributed by atoms with Crippen LogP contribution in [0.5, 0.6) is 5.75 Å². The van der Waals surface area contributed by atoms with Gasteiger partial charge in [0.2, 0.25) is 5.91 Å². The van der Waals surface area contributed by atoms with Crippen LogP contribution in [0.3, 0.4) is 0 Å². The van der Waals surface area contributed by atoms with Gasteiger partial charge in [0.1, 0.15) is 5.75 Å². The number of halogens is 1. The molecule has 6 nitrogen and oxygen atoms in total. The van der Waals surface area contributed by atoms with Crippen molar-refractivity contribution < 1.29 is 14.3 Å². The lowest BCUT2D eigenvalue weighted by Gasteiger charge is -2.05. The zero-order valence-corrected chi connectivity index (χ0v) is 16.6. The molecule has 0 atom stereocenters. The number of amides is 2. The van der Waals surface area contributed by atoms with Crippen molar-refractivity contribution in [1.82, 2.24) is 10.3 Å². The molecule has 0 bridgehead atoms. The summed E-state index contributed by atoms with van der Waals surface area (Å²) in [5.74, 6) is 0.351. The number of thiazole rings is 1. The number of ether oxygens (including phenoxy) is 1. The van der Waals surface area contributed by atoms with Crippen LogP contribution in [0.1, 0.15) is 21.6 Å². The van der Waals surface area contributed by atoms with Crippen LogP contribution in [-0.2, 0) is 17.8 Å². The zero-order chi connectivity index (χ0) is 19.9. The van der Waals surface area contributed by atoms with Gasteiger partial charge in [0.15, 0.2) is 5.13 Å². The molecular formula is C20H18ClN3O3S. The number of hydrogen-bond acceptors (Lipinski definition) is 5. The van der Waals surface area contributed by atoms with Gasteiger partial charge in [-0.1, -0.05) is 23.7 Å². The molecule has 0 spiro atoms. The summed E-state index contributed by atoms with van der Waals surface area (Å²) in [6, 6.07) is 14.1. The van der Waals surface area contributed by atoms with E-state index in [1.807, 2.05) is 24.3 Å². The number of nitrogens with one attached hydrogen (secondary N) is 2. The van der Waals surface area contributed by atoms with Crippen molar-refractivity contribution in [3.63, 3.8) is 0 Å². The third-order valence-corrected chi connectivity index (χ3v) is 4.93. The maximum absolute atomic E-state index is 12.2. The number of aromatic nitrogens is 1. The molecular weight excluding hydrogens is 398 g/mol. The number of carbonyl (C=O) groups is 2. The molecule has 3 rings (SSSR count). The predicted octanol–water partition coefficient (Wildman–Crippen LogP) is 3.92. The van der Waals surface area contributed by atoms with Gasteiger partial charge < -0.3 is 10.1 Å². The second kappa shape index (κ2) is 9.34. The smallest absolute Gasteiger partial charge is 0.257 e. The monoisotopic (exact) mass is 415 g/mol. The largest absolute Gasteiger partial charge is 0.497 e. The van der Waals surface area contributed by atoms with E-state index in [2.05, 4.69) is 15.6 Å². The first-order valence-corrected chi connectivity index (χ1v) is 9.70. The van der Waals surface area contributed by atoms with Gasteiger partial charge in [-0.2, -0.15) is 0 Å². The third-order valence-electron chi connectivity index (χ3n) is 3.87. The van der Waals surface area contributed by atoms with E-state index in [0.29, 0.717) is 28.0 Å². The fraction of sp³-hybridized carbons (Fsp3) is 0.150. The van der Waals surface area contributed by atoms with Crippen LogP contribution in [0.15, 0.2) is 53.9 Å². The van der Waals surface area contributed by atoms with Crippen LogP contribution < -0.4 is 15.4 Å². The zero-order valence-electron chi connectivity index (χ0n) is 15.1. The number of rotatable bonds is 7. The van der Waals surface area contributed by atoms with E-state index in [4.69, 9.17) is 16.3 Å². The summed E-state index contributed by atoms with van der Waals surface area (Å²) in [4.78, 5) is 28.6. The van der Waals surface area contributed by atoms with Gasteiger partial charge in [-0.05, 0) is 42.0 Å². The highest BCUT2D eigenvalue weighted by atomic mass is 35.5. The predicted molar refractivity (Wildman–Crippen MR) is 110 cm³/mol. The van der Waals surface area contributed by atoms with Crippen molar-refractivity contribution in [2.75, 3.05) is 12.4 Å². The Labute approximate surface area is 171 Å². The second-order valence-corrected chi connectivity index (χ2v) is 7.20. The summed E-state index contributed by atoms with van der Waals surface area (Å²) in [6.45, 7) is 0.424. The molecule has 1 heterocycles. The molecule has 0 saturated carbocycles. The minimum atomic E-state index is -0.276. The summed E-state index contributed by atoms with van der Waals surface area (Å²) in [5.41, 5.74) is 2.06. The van der Waals surface area contributed by atoms with Gasteiger partial charge in [-0.25, -0.2) is 4.98 Å². The van der Waals surface area contributed by atoms with Crippen molar-refractivity contribution >= 4 is 39.9 Å². The normalized spacial score (nSPS) is 10.4. The maximum atomic E-state index is 12.2. The Morgan fingerprint density at radius 1 is 1.11 bits per heavy atom. The van der Waals surface area contributed by atoms with Gasteiger partial charge in [0.25, 0.3) is 5.91 Å². The number of anilines is 1. The van der Waals surface area contributed by atoms with Crippen LogP contribution in [0.2, 0.25) is 5.02 Å². The first-order valence-electron chi connectivity index (χ1n) is 8.44. The van der Waals surface area contributed by atoms with Gasteiger partial charge in [0.05, 0.1) is 19.2 Å². The minimum absolute atomic E-state index is 0.142. The first kappa shape index (κ1) is 19.9. The first-order chi connectivity index (χ1) is 13.5. The van der Waals surface area contributed by atoms with Crippen LogP contribution in [0.4, 0.5) is 5.13 Å². The summed E-state index contributed by atoms with van der Waals surface area (Å²) < 4.78 is 5.11. The van der Waals surface area contributed by atoms with Crippen LogP contribution in [0.25, 0.3) is 0 Å². The summed E-state index contributed by atoms with van der Waals surface area (Å²) in [5, 5.41) is 8.33. The van der Waals surface area contributed by atoms with Crippen molar-refractivity contribution in [3.05, 3.63) is 75.8 Å². The Kier molecular flexibility index (Phi) is 6.62. The molecule has 0 aliphatic carbocycles. The number of benzene rings is 2. The Morgan fingerprint density at radius 3 is 2.50 bits per heavy atom. The van der Waals surface area contributed by atoms with E-state index in [1.54, 1.807) is 36.8 Å². The quantitative estimate of drug-likeness (QED) is 0.613. The molecule has 0 aliphatic heterocycles. The van der Waals surface area contributed by atoms with E-state index in [9.17, 15) is 9.59 Å². The van der Waals surface area contributed by atoms with Crippen molar-refractivity contribution in [2.45, 2.75) is 13.0 Å². The average Bonchev–Trinajstić information content (AvgIpc) is 3.13. The van der Waals surface area contributed by atoms with Gasteiger partial charge in [0, 0.05) is 22.5 Å². The SMILES string of the molecule is COc1ccc(CNC(=O)Cc2csc(NC(=O)c3ccc(Cl)cc3)n2)cc1. The fourth-order valence-electron chi connectivity index (χ4n) is 2.39.